The Morgan fingerprint density at radius 2 is 1.67 bits per heavy atom. The number of ether oxygens (including phenoxy) is 1. The van der Waals surface area contributed by atoms with E-state index in [0.717, 1.165) is 53.4 Å². The van der Waals surface area contributed by atoms with E-state index < -0.39 is 0 Å². The third-order valence-corrected chi connectivity index (χ3v) is 3.98. The fourth-order valence-electron chi connectivity index (χ4n) is 2.69. The molecule has 24 heavy (non-hydrogen) atoms. The number of para-hydroxylation sites is 1. The first kappa shape index (κ1) is 16.2. The van der Waals surface area contributed by atoms with Crippen molar-refractivity contribution in [3.63, 3.8) is 0 Å². The molecule has 122 valence electrons. The van der Waals surface area contributed by atoms with Crippen molar-refractivity contribution < 1.29 is 4.74 Å². The summed E-state index contributed by atoms with van der Waals surface area (Å²) in [5, 5.41) is 0. The molecule has 3 aromatic rings. The largest absolute Gasteiger partial charge is 0.496 e. The summed E-state index contributed by atoms with van der Waals surface area (Å²) >= 11 is 0. The fourth-order valence-corrected chi connectivity index (χ4v) is 2.69. The first-order chi connectivity index (χ1) is 11.8. The van der Waals surface area contributed by atoms with Gasteiger partial charge in [0.1, 0.15) is 5.75 Å². The number of hydrogen-bond acceptors (Lipinski definition) is 3. The topological polar surface area (TPSA) is 35.0 Å². The van der Waals surface area contributed by atoms with Crippen molar-refractivity contribution in [2.24, 2.45) is 0 Å². The second-order valence-corrected chi connectivity index (χ2v) is 5.74. The van der Waals surface area contributed by atoms with Gasteiger partial charge in [-0.2, -0.15) is 0 Å². The standard InChI is InChI=1S/C21H22N2O/c1-3-4-12-17-15-19(18-13-8-9-14-20(18)24-2)23-21(22-17)16-10-6-5-7-11-16/h5-11,13-15H,3-4,12H2,1-2H3. The number of hydrogen-bond donors (Lipinski definition) is 0. The lowest BCUT2D eigenvalue weighted by molar-refractivity contribution is 0.416. The third-order valence-electron chi connectivity index (χ3n) is 3.98. The Labute approximate surface area is 143 Å². The average molecular weight is 318 g/mol. The predicted molar refractivity (Wildman–Crippen MR) is 98.1 cm³/mol. The minimum absolute atomic E-state index is 0.769. The lowest BCUT2D eigenvalue weighted by atomic mass is 10.1. The van der Waals surface area contributed by atoms with E-state index >= 15 is 0 Å². The number of unbranched alkanes of at least 4 members (excludes halogenated alkanes) is 1. The molecule has 0 amide bonds. The lowest BCUT2D eigenvalue weighted by Gasteiger charge is -2.11. The zero-order chi connectivity index (χ0) is 16.8. The molecule has 3 nitrogen and oxygen atoms in total. The quantitative estimate of drug-likeness (QED) is 0.629. The molecule has 0 aliphatic rings. The van der Waals surface area contributed by atoms with Crippen LogP contribution in [-0.2, 0) is 6.42 Å². The minimum atomic E-state index is 0.769. The SMILES string of the molecule is CCCCc1cc(-c2ccccc2OC)nc(-c2ccccc2)n1. The van der Waals surface area contributed by atoms with Crippen LogP contribution < -0.4 is 4.74 Å². The van der Waals surface area contributed by atoms with Gasteiger partial charge < -0.3 is 4.74 Å². The van der Waals surface area contributed by atoms with Gasteiger partial charge in [-0.3, -0.25) is 0 Å². The molecule has 0 atom stereocenters. The molecule has 0 saturated carbocycles. The Balaban J connectivity index is 2.11. The van der Waals surface area contributed by atoms with E-state index in [1.165, 1.54) is 0 Å². The van der Waals surface area contributed by atoms with Crippen LogP contribution in [0.3, 0.4) is 0 Å². The highest BCUT2D eigenvalue weighted by molar-refractivity contribution is 5.69. The van der Waals surface area contributed by atoms with Gasteiger partial charge in [0.05, 0.1) is 12.8 Å². The zero-order valence-corrected chi connectivity index (χ0v) is 14.2. The van der Waals surface area contributed by atoms with E-state index in [-0.39, 0.29) is 0 Å². The van der Waals surface area contributed by atoms with Gasteiger partial charge in [-0.05, 0) is 31.0 Å². The Morgan fingerprint density at radius 1 is 0.917 bits per heavy atom. The summed E-state index contributed by atoms with van der Waals surface area (Å²) in [6.45, 7) is 2.19. The van der Waals surface area contributed by atoms with Crippen LogP contribution >= 0.6 is 0 Å². The minimum Gasteiger partial charge on any atom is -0.496 e. The van der Waals surface area contributed by atoms with Gasteiger partial charge in [-0.25, -0.2) is 9.97 Å². The fraction of sp³-hybridized carbons (Fsp3) is 0.238. The summed E-state index contributed by atoms with van der Waals surface area (Å²) in [6, 6.07) is 20.2. The number of aromatic nitrogens is 2. The highest BCUT2D eigenvalue weighted by Gasteiger charge is 2.11. The summed E-state index contributed by atoms with van der Waals surface area (Å²) < 4.78 is 5.51. The highest BCUT2D eigenvalue weighted by Crippen LogP contribution is 2.30. The molecule has 3 heteroatoms. The maximum absolute atomic E-state index is 5.51. The smallest absolute Gasteiger partial charge is 0.160 e. The molecule has 0 N–H and O–H groups in total. The molecule has 0 spiro atoms. The van der Waals surface area contributed by atoms with E-state index in [4.69, 9.17) is 14.7 Å². The highest BCUT2D eigenvalue weighted by atomic mass is 16.5. The average Bonchev–Trinajstić information content (AvgIpc) is 2.66. The molecule has 0 unspecified atom stereocenters. The molecule has 1 heterocycles. The third kappa shape index (κ3) is 3.62. The van der Waals surface area contributed by atoms with Crippen molar-refractivity contribution in [3.8, 4) is 28.4 Å². The van der Waals surface area contributed by atoms with E-state index in [1.807, 2.05) is 54.6 Å². The normalized spacial score (nSPS) is 10.6. The maximum atomic E-state index is 5.51. The van der Waals surface area contributed by atoms with Crippen molar-refractivity contribution in [3.05, 3.63) is 66.4 Å². The Bertz CT molecular complexity index is 800. The lowest BCUT2D eigenvalue weighted by Crippen LogP contribution is -1.99. The van der Waals surface area contributed by atoms with Crippen molar-refractivity contribution in [1.82, 2.24) is 9.97 Å². The van der Waals surface area contributed by atoms with Crippen LogP contribution in [0.2, 0.25) is 0 Å². The van der Waals surface area contributed by atoms with Crippen LogP contribution in [0.5, 0.6) is 5.75 Å². The number of benzene rings is 2. The van der Waals surface area contributed by atoms with Gasteiger partial charge in [-0.1, -0.05) is 55.8 Å². The number of rotatable bonds is 6. The van der Waals surface area contributed by atoms with Gasteiger partial charge in [0, 0.05) is 16.8 Å². The molecule has 0 radical (unpaired) electrons. The van der Waals surface area contributed by atoms with Crippen LogP contribution in [0.25, 0.3) is 22.6 Å². The van der Waals surface area contributed by atoms with Crippen LogP contribution in [0.1, 0.15) is 25.5 Å². The number of nitrogens with zero attached hydrogens (tertiary/aromatic N) is 2. The van der Waals surface area contributed by atoms with Crippen LogP contribution in [-0.4, -0.2) is 17.1 Å². The van der Waals surface area contributed by atoms with Crippen LogP contribution in [0.15, 0.2) is 60.7 Å². The van der Waals surface area contributed by atoms with Gasteiger partial charge in [0.25, 0.3) is 0 Å². The second-order valence-electron chi connectivity index (χ2n) is 5.74. The molecule has 0 aliphatic carbocycles. The summed E-state index contributed by atoms with van der Waals surface area (Å²) in [4.78, 5) is 9.57. The van der Waals surface area contributed by atoms with Crippen LogP contribution in [0.4, 0.5) is 0 Å². The predicted octanol–water partition coefficient (Wildman–Crippen LogP) is 5.16. The van der Waals surface area contributed by atoms with E-state index in [2.05, 4.69) is 13.0 Å². The van der Waals surface area contributed by atoms with Gasteiger partial charge in [0.2, 0.25) is 0 Å². The Kier molecular flexibility index (Phi) is 5.22. The summed E-state index contributed by atoms with van der Waals surface area (Å²) in [5.74, 6) is 1.60. The molecule has 1 aromatic heterocycles. The molecule has 3 rings (SSSR count). The zero-order valence-electron chi connectivity index (χ0n) is 14.2. The van der Waals surface area contributed by atoms with Crippen molar-refractivity contribution in [2.75, 3.05) is 7.11 Å². The molecular formula is C21H22N2O. The first-order valence-corrected chi connectivity index (χ1v) is 8.38. The molecular weight excluding hydrogens is 296 g/mol. The molecule has 0 bridgehead atoms. The first-order valence-electron chi connectivity index (χ1n) is 8.38. The van der Waals surface area contributed by atoms with E-state index in [0.29, 0.717) is 0 Å². The maximum Gasteiger partial charge on any atom is 0.160 e. The Morgan fingerprint density at radius 3 is 2.42 bits per heavy atom. The Hall–Kier alpha value is -2.68. The van der Waals surface area contributed by atoms with Crippen LogP contribution in [0, 0.1) is 0 Å². The van der Waals surface area contributed by atoms with Crippen molar-refractivity contribution in [1.29, 1.82) is 0 Å². The second kappa shape index (κ2) is 7.73. The van der Waals surface area contributed by atoms with E-state index in [1.54, 1.807) is 7.11 Å². The van der Waals surface area contributed by atoms with E-state index in [9.17, 15) is 0 Å². The molecule has 0 saturated heterocycles. The summed E-state index contributed by atoms with van der Waals surface area (Å²) in [5.41, 5.74) is 4.02. The van der Waals surface area contributed by atoms with Crippen molar-refractivity contribution in [2.45, 2.75) is 26.2 Å². The van der Waals surface area contributed by atoms with Gasteiger partial charge >= 0.3 is 0 Å². The molecule has 2 aromatic carbocycles. The van der Waals surface area contributed by atoms with Gasteiger partial charge in [0.15, 0.2) is 5.82 Å². The molecule has 0 aliphatic heterocycles. The number of aryl methyl sites for hydroxylation is 1. The van der Waals surface area contributed by atoms with Crippen molar-refractivity contribution >= 4 is 0 Å². The molecule has 0 fully saturated rings. The monoisotopic (exact) mass is 318 g/mol. The summed E-state index contributed by atoms with van der Waals surface area (Å²) in [7, 11) is 1.69. The number of methoxy groups -OCH3 is 1. The van der Waals surface area contributed by atoms with Gasteiger partial charge in [-0.15, -0.1) is 0 Å². The summed E-state index contributed by atoms with van der Waals surface area (Å²) in [6.07, 6.45) is 3.23.